The van der Waals surface area contributed by atoms with Crippen molar-refractivity contribution in [3.05, 3.63) is 34.3 Å². The van der Waals surface area contributed by atoms with Gasteiger partial charge in [-0.05, 0) is 39.3 Å². The number of likely N-dealkylation sites (N-methyl/N-ethyl adjacent to an activating group) is 1. The summed E-state index contributed by atoms with van der Waals surface area (Å²) < 4.78 is 0. The topological polar surface area (TPSA) is 57.6 Å². The fraction of sp³-hybridized carbons (Fsp3) is 0.429. The first kappa shape index (κ1) is 15.5. The monoisotopic (exact) mass is 283 g/mol. The van der Waals surface area contributed by atoms with E-state index in [1.807, 2.05) is 0 Å². The highest BCUT2D eigenvalue weighted by atomic mass is 35.5. The average Bonchev–Trinajstić information content (AvgIpc) is 2.32. The van der Waals surface area contributed by atoms with Gasteiger partial charge in [-0.3, -0.25) is 4.79 Å². The number of carboxylic acid groups (broad SMARTS) is 1. The molecule has 0 spiro atoms. The molecule has 104 valence electrons. The van der Waals surface area contributed by atoms with Crippen LogP contribution in [0.2, 0.25) is 5.02 Å². The molecular weight excluding hydrogens is 266 g/mol. The Morgan fingerprint density at radius 3 is 2.42 bits per heavy atom. The Morgan fingerprint density at radius 1 is 1.37 bits per heavy atom. The van der Waals surface area contributed by atoms with E-state index in [-0.39, 0.29) is 5.91 Å². The number of benzene rings is 1. The van der Waals surface area contributed by atoms with Gasteiger partial charge in [-0.1, -0.05) is 23.7 Å². The summed E-state index contributed by atoms with van der Waals surface area (Å²) in [5, 5.41) is 9.60. The van der Waals surface area contributed by atoms with Crippen LogP contribution in [-0.4, -0.2) is 34.0 Å². The molecule has 1 rings (SSSR count). The molecule has 0 fully saturated rings. The minimum Gasteiger partial charge on any atom is -0.480 e. The number of nitrogens with zero attached hydrogens (tertiary/aromatic N) is 1. The molecule has 4 nitrogen and oxygen atoms in total. The zero-order chi connectivity index (χ0) is 14.8. The highest BCUT2D eigenvalue weighted by molar-refractivity contribution is 6.34. The zero-order valence-corrected chi connectivity index (χ0v) is 12.3. The van der Waals surface area contributed by atoms with Gasteiger partial charge in [-0.2, -0.15) is 0 Å². The Kier molecular flexibility index (Phi) is 4.58. The Balaban J connectivity index is 3.24. The van der Waals surface area contributed by atoms with Gasteiger partial charge in [0.1, 0.15) is 5.54 Å². The lowest BCUT2D eigenvalue weighted by atomic mass is 10.0. The van der Waals surface area contributed by atoms with Gasteiger partial charge in [-0.15, -0.1) is 0 Å². The van der Waals surface area contributed by atoms with E-state index in [0.717, 1.165) is 5.56 Å². The summed E-state index contributed by atoms with van der Waals surface area (Å²) in [7, 11) is 0. The molecular formula is C14H18ClNO3. The van der Waals surface area contributed by atoms with E-state index in [1.165, 1.54) is 18.7 Å². The second-order valence-corrected chi connectivity index (χ2v) is 5.23. The summed E-state index contributed by atoms with van der Waals surface area (Å²) in [4.78, 5) is 25.1. The van der Waals surface area contributed by atoms with Gasteiger partial charge in [0.05, 0.1) is 10.6 Å². The number of carboxylic acids is 1. The van der Waals surface area contributed by atoms with Gasteiger partial charge in [0.25, 0.3) is 5.91 Å². The Morgan fingerprint density at radius 2 is 1.95 bits per heavy atom. The third-order valence-electron chi connectivity index (χ3n) is 3.18. The molecule has 0 aliphatic carbocycles. The van der Waals surface area contributed by atoms with E-state index in [9.17, 15) is 14.7 Å². The number of halogens is 1. The van der Waals surface area contributed by atoms with Crippen molar-refractivity contribution < 1.29 is 14.7 Å². The molecule has 1 aromatic rings. The summed E-state index contributed by atoms with van der Waals surface area (Å²) in [6.45, 7) is 6.84. The summed E-state index contributed by atoms with van der Waals surface area (Å²) in [6.07, 6.45) is 0. The first-order chi connectivity index (χ1) is 8.73. The highest BCUT2D eigenvalue weighted by Crippen LogP contribution is 2.25. The van der Waals surface area contributed by atoms with Crippen LogP contribution in [0.25, 0.3) is 0 Å². The number of rotatable bonds is 4. The van der Waals surface area contributed by atoms with Crippen molar-refractivity contribution in [1.29, 1.82) is 0 Å². The third kappa shape index (κ3) is 2.89. The summed E-state index contributed by atoms with van der Waals surface area (Å²) >= 11 is 6.12. The third-order valence-corrected chi connectivity index (χ3v) is 3.68. The summed E-state index contributed by atoms with van der Waals surface area (Å²) in [5.41, 5.74) is -0.159. The summed E-state index contributed by atoms with van der Waals surface area (Å²) in [6, 6.07) is 5.14. The van der Waals surface area contributed by atoms with Crippen LogP contribution in [0.3, 0.4) is 0 Å². The van der Waals surface area contributed by atoms with Crippen LogP contribution in [0.4, 0.5) is 0 Å². The van der Waals surface area contributed by atoms with Crippen molar-refractivity contribution in [2.75, 3.05) is 6.54 Å². The maximum atomic E-state index is 12.5. The van der Waals surface area contributed by atoms with E-state index >= 15 is 0 Å². The fourth-order valence-corrected chi connectivity index (χ4v) is 2.07. The van der Waals surface area contributed by atoms with Crippen LogP contribution in [0.1, 0.15) is 36.7 Å². The molecule has 0 saturated carbocycles. The number of amides is 1. The van der Waals surface area contributed by atoms with Crippen molar-refractivity contribution in [3.63, 3.8) is 0 Å². The first-order valence-electron chi connectivity index (χ1n) is 6.04. The first-order valence-corrected chi connectivity index (χ1v) is 6.41. The number of carbonyl (C=O) groups is 2. The van der Waals surface area contributed by atoms with Crippen molar-refractivity contribution in [2.45, 2.75) is 33.2 Å². The van der Waals surface area contributed by atoms with Crippen LogP contribution >= 0.6 is 11.6 Å². The lowest BCUT2D eigenvalue weighted by Gasteiger charge is -2.34. The predicted molar refractivity (Wildman–Crippen MR) is 74.6 cm³/mol. The molecule has 0 aliphatic heterocycles. The van der Waals surface area contributed by atoms with Gasteiger partial charge < -0.3 is 10.0 Å². The number of hydrogen-bond acceptors (Lipinski definition) is 2. The molecule has 0 aromatic heterocycles. The summed E-state index contributed by atoms with van der Waals surface area (Å²) in [5.74, 6) is -1.42. The lowest BCUT2D eigenvalue weighted by Crippen LogP contribution is -2.53. The second kappa shape index (κ2) is 5.61. The van der Waals surface area contributed by atoms with E-state index in [4.69, 9.17) is 11.6 Å². The Bertz CT molecular complexity index is 511. The van der Waals surface area contributed by atoms with Gasteiger partial charge in [0.2, 0.25) is 0 Å². The SMILES string of the molecule is CCN(C(=O)c1cccc(C)c1Cl)C(C)(C)C(=O)O. The molecule has 0 aliphatic rings. The van der Waals surface area contributed by atoms with E-state index in [2.05, 4.69) is 0 Å². The van der Waals surface area contributed by atoms with Gasteiger partial charge in [0.15, 0.2) is 0 Å². The van der Waals surface area contributed by atoms with Crippen LogP contribution in [-0.2, 0) is 4.79 Å². The van der Waals surface area contributed by atoms with Crippen LogP contribution in [0.5, 0.6) is 0 Å². The lowest BCUT2D eigenvalue weighted by molar-refractivity contribution is -0.147. The van der Waals surface area contributed by atoms with Gasteiger partial charge in [-0.25, -0.2) is 4.79 Å². The molecule has 5 heteroatoms. The van der Waals surface area contributed by atoms with Crippen molar-refractivity contribution in [3.8, 4) is 0 Å². The number of aryl methyl sites for hydroxylation is 1. The van der Waals surface area contributed by atoms with Crippen molar-refractivity contribution >= 4 is 23.5 Å². The molecule has 0 atom stereocenters. The number of carbonyl (C=O) groups excluding carboxylic acids is 1. The average molecular weight is 284 g/mol. The maximum absolute atomic E-state index is 12.5. The molecule has 1 aromatic carbocycles. The molecule has 0 saturated heterocycles. The minimum absolute atomic E-state index is 0.294. The smallest absolute Gasteiger partial charge is 0.329 e. The standard InChI is InChI=1S/C14H18ClNO3/c1-5-16(14(3,4)13(18)19)12(17)10-8-6-7-9(2)11(10)15/h6-8H,5H2,1-4H3,(H,18,19). The van der Waals surface area contributed by atoms with E-state index in [1.54, 1.807) is 32.0 Å². The van der Waals surface area contributed by atoms with Crippen molar-refractivity contribution in [1.82, 2.24) is 4.90 Å². The zero-order valence-electron chi connectivity index (χ0n) is 11.5. The van der Waals surface area contributed by atoms with Crippen LogP contribution < -0.4 is 0 Å². The second-order valence-electron chi connectivity index (χ2n) is 4.85. The van der Waals surface area contributed by atoms with Crippen LogP contribution in [0, 0.1) is 6.92 Å². The molecule has 19 heavy (non-hydrogen) atoms. The minimum atomic E-state index is -1.28. The van der Waals surface area contributed by atoms with Gasteiger partial charge >= 0.3 is 5.97 Å². The maximum Gasteiger partial charge on any atom is 0.329 e. The Labute approximate surface area is 118 Å². The molecule has 1 N–H and O–H groups in total. The van der Waals surface area contributed by atoms with E-state index in [0.29, 0.717) is 17.1 Å². The predicted octanol–water partition coefficient (Wildman–Crippen LogP) is 2.97. The largest absolute Gasteiger partial charge is 0.480 e. The highest BCUT2D eigenvalue weighted by Gasteiger charge is 2.37. The van der Waals surface area contributed by atoms with Crippen LogP contribution in [0.15, 0.2) is 18.2 Å². The fourth-order valence-electron chi connectivity index (χ4n) is 1.87. The molecule has 0 heterocycles. The molecule has 1 amide bonds. The normalized spacial score (nSPS) is 11.2. The molecule has 0 radical (unpaired) electrons. The Hall–Kier alpha value is -1.55. The van der Waals surface area contributed by atoms with Crippen molar-refractivity contribution in [2.24, 2.45) is 0 Å². The molecule has 0 bridgehead atoms. The number of hydrogen-bond donors (Lipinski definition) is 1. The van der Waals surface area contributed by atoms with Gasteiger partial charge in [0, 0.05) is 6.54 Å². The van der Waals surface area contributed by atoms with E-state index < -0.39 is 11.5 Å². The number of aliphatic carboxylic acids is 1. The molecule has 0 unspecified atom stereocenters. The quantitative estimate of drug-likeness (QED) is 0.924.